The fourth-order valence-electron chi connectivity index (χ4n) is 3.83. The molecule has 7 heteroatoms. The SMILES string of the molecule is CCn1cc(C(=O)N2CCC(c3[nH]ncc3-c3cccc(OC)c3)CC2)cn1. The van der Waals surface area contributed by atoms with E-state index >= 15 is 0 Å². The van der Waals surface area contributed by atoms with Crippen LogP contribution in [0.5, 0.6) is 5.75 Å². The largest absolute Gasteiger partial charge is 0.497 e. The number of amides is 1. The van der Waals surface area contributed by atoms with Gasteiger partial charge in [-0.2, -0.15) is 10.2 Å². The number of H-pyrrole nitrogens is 1. The third kappa shape index (κ3) is 3.52. The van der Waals surface area contributed by atoms with Crippen molar-refractivity contribution in [2.24, 2.45) is 0 Å². The normalized spacial score (nSPS) is 15.0. The van der Waals surface area contributed by atoms with E-state index in [0.717, 1.165) is 55.0 Å². The van der Waals surface area contributed by atoms with Gasteiger partial charge < -0.3 is 9.64 Å². The summed E-state index contributed by atoms with van der Waals surface area (Å²) in [7, 11) is 1.67. The molecule has 0 atom stereocenters. The number of nitrogens with zero attached hydrogens (tertiary/aromatic N) is 4. The van der Waals surface area contributed by atoms with Gasteiger partial charge in [0.1, 0.15) is 5.75 Å². The standard InChI is InChI=1S/C21H25N5O2/c1-3-26-14-17(12-23-26)21(27)25-9-7-15(8-10-25)20-19(13-22-24-20)16-5-4-6-18(11-16)28-2/h4-6,11-15H,3,7-10H2,1-2H3,(H,22,24). The minimum Gasteiger partial charge on any atom is -0.497 e. The van der Waals surface area contributed by atoms with Crippen molar-refractivity contribution in [1.82, 2.24) is 24.9 Å². The summed E-state index contributed by atoms with van der Waals surface area (Å²) in [6.45, 7) is 4.24. The second-order valence-corrected chi connectivity index (χ2v) is 7.08. The number of ether oxygens (including phenoxy) is 1. The number of likely N-dealkylation sites (tertiary alicyclic amines) is 1. The van der Waals surface area contributed by atoms with Gasteiger partial charge in [-0.1, -0.05) is 12.1 Å². The van der Waals surface area contributed by atoms with Crippen molar-refractivity contribution in [3.63, 3.8) is 0 Å². The summed E-state index contributed by atoms with van der Waals surface area (Å²) in [4.78, 5) is 14.6. The first-order chi connectivity index (χ1) is 13.7. The maximum atomic E-state index is 12.7. The van der Waals surface area contributed by atoms with Crippen LogP contribution in [-0.4, -0.2) is 51.0 Å². The molecule has 1 aliphatic heterocycles. The van der Waals surface area contributed by atoms with Crippen LogP contribution in [0.2, 0.25) is 0 Å². The fourth-order valence-corrected chi connectivity index (χ4v) is 3.83. The number of aryl methyl sites for hydroxylation is 1. The van der Waals surface area contributed by atoms with Gasteiger partial charge in [-0.3, -0.25) is 14.6 Å². The third-order valence-electron chi connectivity index (χ3n) is 5.44. The molecular formula is C21H25N5O2. The number of carbonyl (C=O) groups is 1. The van der Waals surface area contributed by atoms with Gasteiger partial charge >= 0.3 is 0 Å². The Morgan fingerprint density at radius 2 is 2.11 bits per heavy atom. The van der Waals surface area contributed by atoms with E-state index in [1.54, 1.807) is 18.0 Å². The third-order valence-corrected chi connectivity index (χ3v) is 5.44. The van der Waals surface area contributed by atoms with Gasteiger partial charge in [-0.25, -0.2) is 0 Å². The minimum absolute atomic E-state index is 0.0655. The van der Waals surface area contributed by atoms with E-state index in [1.165, 1.54) is 0 Å². The molecule has 3 aromatic rings. The Morgan fingerprint density at radius 3 is 2.82 bits per heavy atom. The molecule has 2 aromatic heterocycles. The number of hydrogen-bond acceptors (Lipinski definition) is 4. The van der Waals surface area contributed by atoms with Crippen LogP contribution in [0.25, 0.3) is 11.1 Å². The summed E-state index contributed by atoms with van der Waals surface area (Å²) in [5, 5.41) is 11.7. The smallest absolute Gasteiger partial charge is 0.257 e. The minimum atomic E-state index is 0.0655. The molecule has 0 unspecified atom stereocenters. The van der Waals surface area contributed by atoms with Crippen molar-refractivity contribution in [3.05, 3.63) is 54.1 Å². The van der Waals surface area contributed by atoms with E-state index in [1.807, 2.05) is 42.4 Å². The Bertz CT molecular complexity index is 953. The molecule has 7 nitrogen and oxygen atoms in total. The number of rotatable bonds is 5. The average molecular weight is 379 g/mol. The van der Waals surface area contributed by atoms with Crippen molar-refractivity contribution < 1.29 is 9.53 Å². The van der Waals surface area contributed by atoms with Crippen LogP contribution in [0.4, 0.5) is 0 Å². The molecule has 4 rings (SSSR count). The summed E-state index contributed by atoms with van der Waals surface area (Å²) in [6, 6.07) is 8.02. The lowest BCUT2D eigenvalue weighted by Crippen LogP contribution is -2.38. The highest BCUT2D eigenvalue weighted by atomic mass is 16.5. The molecule has 28 heavy (non-hydrogen) atoms. The molecule has 1 fully saturated rings. The lowest BCUT2D eigenvalue weighted by atomic mass is 9.89. The van der Waals surface area contributed by atoms with Gasteiger partial charge in [0.2, 0.25) is 0 Å². The van der Waals surface area contributed by atoms with Crippen LogP contribution in [0.1, 0.15) is 41.7 Å². The van der Waals surface area contributed by atoms with Crippen LogP contribution in [0, 0.1) is 0 Å². The molecule has 0 spiro atoms. The number of benzene rings is 1. The van der Waals surface area contributed by atoms with Crippen LogP contribution >= 0.6 is 0 Å². The monoisotopic (exact) mass is 379 g/mol. The zero-order valence-corrected chi connectivity index (χ0v) is 16.3. The molecular weight excluding hydrogens is 354 g/mol. The van der Waals surface area contributed by atoms with Crippen LogP contribution in [-0.2, 0) is 6.54 Å². The Balaban J connectivity index is 1.46. The van der Waals surface area contributed by atoms with E-state index in [-0.39, 0.29) is 5.91 Å². The molecule has 0 saturated carbocycles. The molecule has 0 radical (unpaired) electrons. The molecule has 3 heterocycles. The maximum absolute atomic E-state index is 12.7. The van der Waals surface area contributed by atoms with Gasteiger partial charge in [0.25, 0.3) is 5.91 Å². The first kappa shape index (κ1) is 18.3. The molecule has 0 aliphatic carbocycles. The predicted octanol–water partition coefficient (Wildman–Crippen LogP) is 3.32. The van der Waals surface area contributed by atoms with Crippen molar-refractivity contribution >= 4 is 5.91 Å². The molecule has 1 N–H and O–H groups in total. The van der Waals surface area contributed by atoms with Crippen molar-refractivity contribution in [1.29, 1.82) is 0 Å². The van der Waals surface area contributed by atoms with Crippen LogP contribution in [0.15, 0.2) is 42.9 Å². The average Bonchev–Trinajstić information content (AvgIpc) is 3.43. The lowest BCUT2D eigenvalue weighted by molar-refractivity contribution is 0.0712. The topological polar surface area (TPSA) is 76.0 Å². The summed E-state index contributed by atoms with van der Waals surface area (Å²) in [5.74, 6) is 1.25. The molecule has 146 valence electrons. The highest BCUT2D eigenvalue weighted by Crippen LogP contribution is 2.35. The van der Waals surface area contributed by atoms with Crippen molar-refractivity contribution in [3.8, 4) is 16.9 Å². The molecule has 0 bridgehead atoms. The molecule has 1 aliphatic rings. The highest BCUT2D eigenvalue weighted by Gasteiger charge is 2.27. The first-order valence-electron chi connectivity index (χ1n) is 9.69. The van der Waals surface area contributed by atoms with Gasteiger partial charge in [-0.15, -0.1) is 0 Å². The number of nitrogens with one attached hydrogen (secondary N) is 1. The summed E-state index contributed by atoms with van der Waals surface area (Å²) in [5.41, 5.74) is 4.00. The quantitative estimate of drug-likeness (QED) is 0.738. The van der Waals surface area contributed by atoms with Gasteiger partial charge in [-0.05, 0) is 37.5 Å². The van der Waals surface area contributed by atoms with Gasteiger partial charge in [0.15, 0.2) is 0 Å². The number of piperidine rings is 1. The molecule has 1 amide bonds. The van der Waals surface area contributed by atoms with Crippen LogP contribution < -0.4 is 4.74 Å². The van der Waals surface area contributed by atoms with Crippen LogP contribution in [0.3, 0.4) is 0 Å². The van der Waals surface area contributed by atoms with Crippen molar-refractivity contribution in [2.45, 2.75) is 32.2 Å². The number of hydrogen-bond donors (Lipinski definition) is 1. The number of aromatic nitrogens is 4. The predicted molar refractivity (Wildman–Crippen MR) is 106 cm³/mol. The number of carbonyl (C=O) groups excluding carboxylic acids is 1. The van der Waals surface area contributed by atoms with Crippen molar-refractivity contribution in [2.75, 3.05) is 20.2 Å². The zero-order valence-electron chi connectivity index (χ0n) is 16.3. The molecule has 1 saturated heterocycles. The first-order valence-corrected chi connectivity index (χ1v) is 9.69. The number of methoxy groups -OCH3 is 1. The number of aromatic amines is 1. The maximum Gasteiger partial charge on any atom is 0.257 e. The Morgan fingerprint density at radius 1 is 1.29 bits per heavy atom. The second kappa shape index (κ2) is 7.88. The lowest BCUT2D eigenvalue weighted by Gasteiger charge is -2.31. The van der Waals surface area contributed by atoms with E-state index in [2.05, 4.69) is 21.4 Å². The van der Waals surface area contributed by atoms with Gasteiger partial charge in [0.05, 0.1) is 25.1 Å². The Labute approximate surface area is 164 Å². The highest BCUT2D eigenvalue weighted by molar-refractivity contribution is 5.93. The van der Waals surface area contributed by atoms with E-state index in [4.69, 9.17) is 4.74 Å². The van der Waals surface area contributed by atoms with E-state index < -0.39 is 0 Å². The zero-order chi connectivity index (χ0) is 19.5. The summed E-state index contributed by atoms with van der Waals surface area (Å²) in [6.07, 6.45) is 7.18. The summed E-state index contributed by atoms with van der Waals surface area (Å²) < 4.78 is 7.13. The Kier molecular flexibility index (Phi) is 5.14. The fraction of sp³-hybridized carbons (Fsp3) is 0.381. The second-order valence-electron chi connectivity index (χ2n) is 7.08. The van der Waals surface area contributed by atoms with Gasteiger partial charge in [0, 0.05) is 43.0 Å². The van der Waals surface area contributed by atoms with E-state index in [0.29, 0.717) is 11.5 Å². The Hall–Kier alpha value is -3.09. The summed E-state index contributed by atoms with van der Waals surface area (Å²) >= 11 is 0. The van der Waals surface area contributed by atoms with E-state index in [9.17, 15) is 4.79 Å². The molecule has 1 aromatic carbocycles.